The van der Waals surface area contributed by atoms with E-state index in [-0.39, 0.29) is 11.2 Å². The lowest BCUT2D eigenvalue weighted by Gasteiger charge is -2.21. The first-order valence-corrected chi connectivity index (χ1v) is 7.17. The molecular formula is C15H18BrFN2. The average Bonchev–Trinajstić information content (AvgIpc) is 2.33. The summed E-state index contributed by atoms with van der Waals surface area (Å²) < 4.78 is 14.9. The Balaban J connectivity index is 2.83. The van der Waals surface area contributed by atoms with Gasteiger partial charge in [-0.2, -0.15) is 0 Å². The van der Waals surface area contributed by atoms with Crippen molar-refractivity contribution in [2.75, 3.05) is 11.9 Å². The molecule has 2 nitrogen and oxygen atoms in total. The van der Waals surface area contributed by atoms with Crippen LogP contribution in [0.15, 0.2) is 22.7 Å². The maximum Gasteiger partial charge on any atom is 0.149 e. The van der Waals surface area contributed by atoms with Gasteiger partial charge in [0.2, 0.25) is 0 Å². The van der Waals surface area contributed by atoms with Crippen molar-refractivity contribution < 1.29 is 4.39 Å². The Morgan fingerprint density at radius 1 is 1.32 bits per heavy atom. The molecule has 1 N–H and O–H groups in total. The number of hydrogen-bond acceptors (Lipinski definition) is 2. The second-order valence-electron chi connectivity index (χ2n) is 5.59. The molecule has 0 atom stereocenters. The van der Waals surface area contributed by atoms with Crippen molar-refractivity contribution in [3.05, 3.63) is 34.2 Å². The Hall–Kier alpha value is -1.16. The highest BCUT2D eigenvalue weighted by atomic mass is 79.9. The first-order valence-electron chi connectivity index (χ1n) is 6.37. The Labute approximate surface area is 121 Å². The molecule has 2 aromatic rings. The molecule has 4 heteroatoms. The molecule has 0 aliphatic carbocycles. The van der Waals surface area contributed by atoms with E-state index in [9.17, 15) is 4.39 Å². The van der Waals surface area contributed by atoms with Crippen LogP contribution in [0.4, 0.5) is 10.1 Å². The first-order chi connectivity index (χ1) is 8.84. The number of aromatic nitrogens is 1. The highest BCUT2D eigenvalue weighted by Gasteiger charge is 2.20. The van der Waals surface area contributed by atoms with Gasteiger partial charge in [-0.25, -0.2) is 9.37 Å². The van der Waals surface area contributed by atoms with Gasteiger partial charge in [-0.3, -0.25) is 0 Å². The molecule has 0 unspecified atom stereocenters. The van der Waals surface area contributed by atoms with E-state index in [1.54, 1.807) is 6.07 Å². The Morgan fingerprint density at radius 3 is 2.58 bits per heavy atom. The van der Waals surface area contributed by atoms with Crippen molar-refractivity contribution in [1.29, 1.82) is 0 Å². The summed E-state index contributed by atoms with van der Waals surface area (Å²) in [5, 5.41) is 4.10. The van der Waals surface area contributed by atoms with Crippen molar-refractivity contribution >= 4 is 32.5 Å². The molecule has 19 heavy (non-hydrogen) atoms. The summed E-state index contributed by atoms with van der Waals surface area (Å²) in [4.78, 5) is 4.50. The zero-order valence-corrected chi connectivity index (χ0v) is 13.2. The van der Waals surface area contributed by atoms with Crippen LogP contribution in [0.5, 0.6) is 0 Å². The van der Waals surface area contributed by atoms with Crippen LogP contribution in [0.1, 0.15) is 33.4 Å². The molecule has 1 aromatic heterocycles. The molecule has 0 aliphatic rings. The van der Waals surface area contributed by atoms with Gasteiger partial charge in [-0.05, 0) is 25.1 Å². The number of hydrogen-bond donors (Lipinski definition) is 1. The molecule has 1 aromatic carbocycles. The standard InChI is InChI=1S/C15H18BrFN2/c1-5-18-11-8-12(15(2,3)4)19-14-10(17)7-6-9(16)13(11)14/h6-8H,5H2,1-4H3,(H,18,19). The number of pyridine rings is 1. The quantitative estimate of drug-likeness (QED) is 0.852. The largest absolute Gasteiger partial charge is 0.385 e. The first kappa shape index (κ1) is 14.3. The maximum absolute atomic E-state index is 14.0. The minimum absolute atomic E-state index is 0.118. The van der Waals surface area contributed by atoms with E-state index < -0.39 is 0 Å². The van der Waals surface area contributed by atoms with Crippen molar-refractivity contribution in [2.45, 2.75) is 33.1 Å². The average molecular weight is 325 g/mol. The van der Waals surface area contributed by atoms with E-state index in [1.807, 2.05) is 13.0 Å². The van der Waals surface area contributed by atoms with Crippen LogP contribution in [-0.2, 0) is 5.41 Å². The van der Waals surface area contributed by atoms with E-state index >= 15 is 0 Å². The van der Waals surface area contributed by atoms with Gasteiger partial charge in [0.1, 0.15) is 11.3 Å². The van der Waals surface area contributed by atoms with Crippen molar-refractivity contribution in [1.82, 2.24) is 4.98 Å². The minimum Gasteiger partial charge on any atom is -0.385 e. The zero-order chi connectivity index (χ0) is 14.2. The number of anilines is 1. The molecule has 0 amide bonds. The van der Waals surface area contributed by atoms with Crippen molar-refractivity contribution in [3.63, 3.8) is 0 Å². The Morgan fingerprint density at radius 2 is 2.00 bits per heavy atom. The SMILES string of the molecule is CCNc1cc(C(C)(C)C)nc2c(F)ccc(Br)c12. The Bertz CT molecular complexity index is 618. The highest BCUT2D eigenvalue weighted by Crippen LogP contribution is 2.34. The second-order valence-corrected chi connectivity index (χ2v) is 6.44. The normalized spacial score (nSPS) is 11.9. The predicted molar refractivity (Wildman–Crippen MR) is 82.3 cm³/mol. The van der Waals surface area contributed by atoms with Crippen molar-refractivity contribution in [2.24, 2.45) is 0 Å². The van der Waals surface area contributed by atoms with Crippen LogP contribution >= 0.6 is 15.9 Å². The third-order valence-electron chi connectivity index (χ3n) is 3.00. The van der Waals surface area contributed by atoms with Gasteiger partial charge >= 0.3 is 0 Å². The lowest BCUT2D eigenvalue weighted by atomic mass is 9.90. The van der Waals surface area contributed by atoms with Crippen LogP contribution in [0, 0.1) is 5.82 Å². The topological polar surface area (TPSA) is 24.9 Å². The number of fused-ring (bicyclic) bond motifs is 1. The van der Waals surface area contributed by atoms with Crippen LogP contribution in [0.2, 0.25) is 0 Å². The molecule has 0 aliphatic heterocycles. The number of benzene rings is 1. The van der Waals surface area contributed by atoms with Crippen molar-refractivity contribution in [3.8, 4) is 0 Å². The van der Waals surface area contributed by atoms with Gasteiger partial charge in [0.15, 0.2) is 0 Å². The number of rotatable bonds is 2. The van der Waals surface area contributed by atoms with E-state index in [0.717, 1.165) is 27.8 Å². The van der Waals surface area contributed by atoms with E-state index in [2.05, 4.69) is 47.0 Å². The summed E-state index contributed by atoms with van der Waals surface area (Å²) >= 11 is 3.48. The summed E-state index contributed by atoms with van der Waals surface area (Å²) in [6.07, 6.45) is 0. The second kappa shape index (κ2) is 5.08. The maximum atomic E-state index is 14.0. The molecule has 0 radical (unpaired) electrons. The van der Waals surface area contributed by atoms with Gasteiger partial charge in [-0.1, -0.05) is 36.7 Å². The predicted octanol–water partition coefficient (Wildman–Crippen LogP) is 4.87. The van der Waals surface area contributed by atoms with Crippen LogP contribution < -0.4 is 5.32 Å². The zero-order valence-electron chi connectivity index (χ0n) is 11.6. The molecular weight excluding hydrogens is 307 g/mol. The number of nitrogens with zero attached hydrogens (tertiary/aromatic N) is 1. The summed E-state index contributed by atoms with van der Waals surface area (Å²) in [5.74, 6) is -0.288. The fourth-order valence-corrected chi connectivity index (χ4v) is 2.52. The summed E-state index contributed by atoms with van der Waals surface area (Å²) in [6.45, 7) is 9.04. The van der Waals surface area contributed by atoms with Crippen LogP contribution in [-0.4, -0.2) is 11.5 Å². The third-order valence-corrected chi connectivity index (χ3v) is 3.66. The lowest BCUT2D eigenvalue weighted by Crippen LogP contribution is -2.15. The van der Waals surface area contributed by atoms with Gasteiger partial charge in [-0.15, -0.1) is 0 Å². The van der Waals surface area contributed by atoms with Gasteiger partial charge in [0, 0.05) is 33.2 Å². The molecule has 0 saturated heterocycles. The van der Waals surface area contributed by atoms with Crippen LogP contribution in [0.3, 0.4) is 0 Å². The molecule has 0 bridgehead atoms. The van der Waals surface area contributed by atoms with Gasteiger partial charge in [0.05, 0.1) is 0 Å². The van der Waals surface area contributed by atoms with Gasteiger partial charge in [0.25, 0.3) is 0 Å². The van der Waals surface area contributed by atoms with Gasteiger partial charge < -0.3 is 5.32 Å². The summed E-state index contributed by atoms with van der Waals surface area (Å²) in [6, 6.07) is 5.18. The summed E-state index contributed by atoms with van der Waals surface area (Å²) in [7, 11) is 0. The monoisotopic (exact) mass is 324 g/mol. The third kappa shape index (κ3) is 2.73. The van der Waals surface area contributed by atoms with Crippen LogP contribution in [0.25, 0.3) is 10.9 Å². The number of nitrogens with one attached hydrogen (secondary N) is 1. The molecule has 0 fully saturated rings. The molecule has 1 heterocycles. The fraction of sp³-hybridized carbons (Fsp3) is 0.400. The summed E-state index contributed by atoms with van der Waals surface area (Å²) in [5.41, 5.74) is 2.10. The Kier molecular flexibility index (Phi) is 3.81. The molecule has 0 saturated carbocycles. The van der Waals surface area contributed by atoms with E-state index in [1.165, 1.54) is 6.07 Å². The smallest absolute Gasteiger partial charge is 0.149 e. The fourth-order valence-electron chi connectivity index (χ4n) is 1.98. The van der Waals surface area contributed by atoms with E-state index in [0.29, 0.717) is 5.52 Å². The molecule has 2 rings (SSSR count). The molecule has 0 spiro atoms. The minimum atomic E-state index is -0.288. The van der Waals surface area contributed by atoms with E-state index in [4.69, 9.17) is 0 Å². The molecule has 102 valence electrons. The number of halogens is 2. The highest BCUT2D eigenvalue weighted by molar-refractivity contribution is 9.10. The lowest BCUT2D eigenvalue weighted by molar-refractivity contribution is 0.569.